The molecule has 0 fully saturated rings. The number of nitriles is 1. The van der Waals surface area contributed by atoms with Crippen LogP contribution >= 0.6 is 22.6 Å². The highest BCUT2D eigenvalue weighted by Crippen LogP contribution is 2.20. The molecule has 0 unspecified atom stereocenters. The van der Waals surface area contributed by atoms with Crippen LogP contribution in [0.4, 0.5) is 4.39 Å². The summed E-state index contributed by atoms with van der Waals surface area (Å²) in [6, 6.07) is 4.20. The third-order valence-electron chi connectivity index (χ3n) is 1.70. The Hall–Kier alpha value is -1.16. The first-order valence-corrected chi connectivity index (χ1v) is 5.25. The van der Waals surface area contributed by atoms with Crippen molar-refractivity contribution in [1.29, 1.82) is 5.26 Å². The van der Waals surface area contributed by atoms with E-state index in [1.807, 2.05) is 0 Å². The van der Waals surface area contributed by atoms with Crippen LogP contribution in [0.1, 0.15) is 22.8 Å². The number of hydrogen-bond acceptors (Lipinski definition) is 3. The molecule has 1 rings (SSSR count). The quantitative estimate of drug-likeness (QED) is 0.622. The molecule has 0 N–H and O–H groups in total. The zero-order valence-electron chi connectivity index (χ0n) is 7.88. The van der Waals surface area contributed by atoms with Gasteiger partial charge in [-0.25, -0.2) is 9.18 Å². The van der Waals surface area contributed by atoms with Crippen LogP contribution in [-0.4, -0.2) is 12.6 Å². The topological polar surface area (TPSA) is 50.1 Å². The second-order valence-corrected chi connectivity index (χ2v) is 3.69. The van der Waals surface area contributed by atoms with Crippen molar-refractivity contribution in [2.45, 2.75) is 6.92 Å². The molecular formula is C10H7FINO2. The van der Waals surface area contributed by atoms with Gasteiger partial charge in [-0.1, -0.05) is 0 Å². The average Bonchev–Trinajstić information content (AvgIpc) is 2.22. The Labute approximate surface area is 100.0 Å². The predicted octanol–water partition coefficient (Wildman–Crippen LogP) is 2.48. The van der Waals surface area contributed by atoms with Crippen molar-refractivity contribution in [3.63, 3.8) is 0 Å². The van der Waals surface area contributed by atoms with Crippen molar-refractivity contribution >= 4 is 28.6 Å². The van der Waals surface area contributed by atoms with Gasteiger partial charge in [0.25, 0.3) is 0 Å². The number of hydrogen-bond donors (Lipinski definition) is 0. The highest BCUT2D eigenvalue weighted by Gasteiger charge is 2.17. The number of benzene rings is 1. The Morgan fingerprint density at radius 1 is 1.67 bits per heavy atom. The van der Waals surface area contributed by atoms with Crippen LogP contribution in [0.25, 0.3) is 0 Å². The first-order valence-electron chi connectivity index (χ1n) is 4.17. The van der Waals surface area contributed by atoms with Gasteiger partial charge in [0.15, 0.2) is 0 Å². The molecule has 0 amide bonds. The standard InChI is InChI=1S/C10H7FINO2/c1-2-15-10(14)6-3-4-8(11)9(12)7(6)5-13/h3-4H,2H2,1H3. The minimum absolute atomic E-state index is 0.0223. The van der Waals surface area contributed by atoms with E-state index in [4.69, 9.17) is 10.00 Å². The van der Waals surface area contributed by atoms with Crippen molar-refractivity contribution in [3.05, 3.63) is 32.6 Å². The molecular weight excluding hydrogens is 312 g/mol. The number of carbonyl (C=O) groups excluding carboxylic acids is 1. The molecule has 15 heavy (non-hydrogen) atoms. The molecule has 1 aromatic carbocycles. The van der Waals surface area contributed by atoms with E-state index >= 15 is 0 Å². The highest BCUT2D eigenvalue weighted by molar-refractivity contribution is 14.1. The van der Waals surface area contributed by atoms with E-state index in [0.29, 0.717) is 0 Å². The highest BCUT2D eigenvalue weighted by atomic mass is 127. The molecule has 0 aliphatic carbocycles. The van der Waals surface area contributed by atoms with Crippen LogP contribution in [0, 0.1) is 20.7 Å². The summed E-state index contributed by atoms with van der Waals surface area (Å²) in [5, 5.41) is 8.81. The second-order valence-electron chi connectivity index (χ2n) is 2.62. The number of ether oxygens (including phenoxy) is 1. The van der Waals surface area contributed by atoms with Crippen LogP contribution in [0.5, 0.6) is 0 Å². The van der Waals surface area contributed by atoms with Gasteiger partial charge in [0.2, 0.25) is 0 Å². The second kappa shape index (κ2) is 5.07. The number of nitrogens with zero attached hydrogens (tertiary/aromatic N) is 1. The molecule has 3 nitrogen and oxygen atoms in total. The fourth-order valence-electron chi connectivity index (χ4n) is 1.04. The summed E-state index contributed by atoms with van der Waals surface area (Å²) >= 11 is 1.69. The van der Waals surface area contributed by atoms with Crippen molar-refractivity contribution < 1.29 is 13.9 Å². The van der Waals surface area contributed by atoms with Crippen molar-refractivity contribution in [1.82, 2.24) is 0 Å². The summed E-state index contributed by atoms with van der Waals surface area (Å²) in [7, 11) is 0. The van der Waals surface area contributed by atoms with Gasteiger partial charge in [0.05, 0.1) is 21.3 Å². The van der Waals surface area contributed by atoms with E-state index in [9.17, 15) is 9.18 Å². The number of carbonyl (C=O) groups is 1. The van der Waals surface area contributed by atoms with Gasteiger partial charge < -0.3 is 4.74 Å². The zero-order chi connectivity index (χ0) is 11.4. The average molecular weight is 319 g/mol. The molecule has 0 aliphatic rings. The Morgan fingerprint density at radius 3 is 2.87 bits per heavy atom. The lowest BCUT2D eigenvalue weighted by atomic mass is 10.1. The van der Waals surface area contributed by atoms with E-state index in [1.54, 1.807) is 35.6 Å². The predicted molar refractivity (Wildman–Crippen MR) is 59.8 cm³/mol. The number of rotatable bonds is 2. The monoisotopic (exact) mass is 319 g/mol. The largest absolute Gasteiger partial charge is 0.462 e. The van der Waals surface area contributed by atoms with E-state index in [-0.39, 0.29) is 21.3 Å². The smallest absolute Gasteiger partial charge is 0.339 e. The third-order valence-corrected chi connectivity index (χ3v) is 2.76. The van der Waals surface area contributed by atoms with Crippen molar-refractivity contribution in [2.75, 3.05) is 6.61 Å². The lowest BCUT2D eigenvalue weighted by molar-refractivity contribution is 0.0526. The Kier molecular flexibility index (Phi) is 4.03. The molecule has 0 aliphatic heterocycles. The maximum absolute atomic E-state index is 13.1. The molecule has 0 atom stereocenters. The summed E-state index contributed by atoms with van der Waals surface area (Å²) in [5.74, 6) is -1.12. The Balaban J connectivity index is 3.26. The first kappa shape index (κ1) is 11.9. The van der Waals surface area contributed by atoms with Gasteiger partial charge in [0.1, 0.15) is 11.9 Å². The van der Waals surface area contributed by atoms with Gasteiger partial charge in [-0.3, -0.25) is 0 Å². The summed E-state index contributed by atoms with van der Waals surface area (Å²) in [5.41, 5.74) is 0.124. The molecule has 0 saturated heterocycles. The molecule has 5 heteroatoms. The van der Waals surface area contributed by atoms with Gasteiger partial charge in [-0.15, -0.1) is 0 Å². The molecule has 0 radical (unpaired) electrons. The van der Waals surface area contributed by atoms with Gasteiger partial charge in [0, 0.05) is 0 Å². The molecule has 0 spiro atoms. The maximum Gasteiger partial charge on any atom is 0.339 e. The van der Waals surface area contributed by atoms with E-state index in [0.717, 1.165) is 6.07 Å². The van der Waals surface area contributed by atoms with E-state index in [2.05, 4.69) is 0 Å². The minimum Gasteiger partial charge on any atom is -0.462 e. The van der Waals surface area contributed by atoms with Gasteiger partial charge >= 0.3 is 5.97 Å². The SMILES string of the molecule is CCOC(=O)c1ccc(F)c(I)c1C#N. The van der Waals surface area contributed by atoms with Gasteiger partial charge in [-0.05, 0) is 41.6 Å². The van der Waals surface area contributed by atoms with E-state index < -0.39 is 11.8 Å². The van der Waals surface area contributed by atoms with Crippen LogP contribution < -0.4 is 0 Å². The number of halogens is 2. The lowest BCUT2D eigenvalue weighted by Gasteiger charge is -2.05. The minimum atomic E-state index is -0.605. The Morgan fingerprint density at radius 2 is 2.33 bits per heavy atom. The normalized spacial score (nSPS) is 9.47. The zero-order valence-corrected chi connectivity index (χ0v) is 10.0. The van der Waals surface area contributed by atoms with Crippen LogP contribution in [-0.2, 0) is 4.74 Å². The first-order chi connectivity index (χ1) is 7.11. The molecule has 78 valence electrons. The van der Waals surface area contributed by atoms with E-state index in [1.165, 1.54) is 6.07 Å². The molecule has 0 bridgehead atoms. The molecule has 0 saturated carbocycles. The van der Waals surface area contributed by atoms with Crippen LogP contribution in [0.15, 0.2) is 12.1 Å². The maximum atomic E-state index is 13.1. The van der Waals surface area contributed by atoms with Crippen LogP contribution in [0.3, 0.4) is 0 Å². The van der Waals surface area contributed by atoms with Crippen molar-refractivity contribution in [2.24, 2.45) is 0 Å². The fourth-order valence-corrected chi connectivity index (χ4v) is 1.63. The third kappa shape index (κ3) is 2.45. The lowest BCUT2D eigenvalue weighted by Crippen LogP contribution is -2.08. The van der Waals surface area contributed by atoms with Gasteiger partial charge in [-0.2, -0.15) is 5.26 Å². The summed E-state index contributed by atoms with van der Waals surface area (Å²) < 4.78 is 18.0. The van der Waals surface area contributed by atoms with Crippen molar-refractivity contribution in [3.8, 4) is 6.07 Å². The molecule has 0 heterocycles. The summed E-state index contributed by atoms with van der Waals surface area (Å²) in [4.78, 5) is 11.4. The molecule has 1 aromatic rings. The fraction of sp³-hybridized carbons (Fsp3) is 0.200. The summed E-state index contributed by atoms with van der Waals surface area (Å²) in [6.45, 7) is 1.89. The molecule has 0 aromatic heterocycles. The Bertz CT molecular complexity index is 440. The number of esters is 1. The summed E-state index contributed by atoms with van der Waals surface area (Å²) in [6.07, 6.45) is 0. The van der Waals surface area contributed by atoms with Crippen LogP contribution in [0.2, 0.25) is 0 Å².